The summed E-state index contributed by atoms with van der Waals surface area (Å²) in [6, 6.07) is 5.46. The van der Waals surface area contributed by atoms with Crippen molar-refractivity contribution in [3.8, 4) is 11.5 Å². The molecule has 0 N–H and O–H groups in total. The molecule has 0 bridgehead atoms. The predicted molar refractivity (Wildman–Crippen MR) is 100 cm³/mol. The van der Waals surface area contributed by atoms with Gasteiger partial charge in [-0.3, -0.25) is 4.79 Å². The zero-order chi connectivity index (χ0) is 17.5. The van der Waals surface area contributed by atoms with E-state index in [9.17, 15) is 4.79 Å². The quantitative estimate of drug-likeness (QED) is 0.283. The Balaban J connectivity index is 2.36. The molecule has 136 valence electrons. The van der Waals surface area contributed by atoms with Crippen LogP contribution >= 0.6 is 0 Å². The maximum Gasteiger partial charge on any atom is 0.150 e. The van der Waals surface area contributed by atoms with Crippen LogP contribution in [0.1, 0.15) is 88.4 Å². The lowest BCUT2D eigenvalue weighted by atomic mass is 10.1. The van der Waals surface area contributed by atoms with Gasteiger partial charge in [-0.15, -0.1) is 0 Å². The van der Waals surface area contributed by atoms with Gasteiger partial charge in [0.05, 0.1) is 13.2 Å². The summed E-state index contributed by atoms with van der Waals surface area (Å²) < 4.78 is 11.6. The average molecular weight is 335 g/mol. The molecule has 0 unspecified atom stereocenters. The Kier molecular flexibility index (Phi) is 11.9. The summed E-state index contributed by atoms with van der Waals surface area (Å²) >= 11 is 0. The van der Waals surface area contributed by atoms with E-state index in [0.717, 1.165) is 30.6 Å². The first-order chi connectivity index (χ1) is 11.8. The van der Waals surface area contributed by atoms with Crippen molar-refractivity contribution in [2.24, 2.45) is 0 Å². The number of rotatable bonds is 15. The highest BCUT2D eigenvalue weighted by Crippen LogP contribution is 2.23. The molecule has 0 aliphatic carbocycles. The van der Waals surface area contributed by atoms with Gasteiger partial charge in [0.1, 0.15) is 17.8 Å². The Morgan fingerprint density at radius 3 is 1.58 bits per heavy atom. The molecule has 0 aliphatic rings. The predicted octanol–water partition coefficient (Wildman–Crippen LogP) is 6.20. The van der Waals surface area contributed by atoms with E-state index in [1.807, 2.05) is 6.07 Å². The Morgan fingerprint density at radius 2 is 1.17 bits per heavy atom. The monoisotopic (exact) mass is 334 g/mol. The molecule has 0 heterocycles. The second kappa shape index (κ2) is 13.9. The van der Waals surface area contributed by atoms with E-state index in [0.29, 0.717) is 18.8 Å². The minimum Gasteiger partial charge on any atom is -0.493 e. The number of carbonyl (C=O) groups excluding carboxylic acids is 1. The van der Waals surface area contributed by atoms with Crippen LogP contribution in [0.4, 0.5) is 0 Å². The lowest BCUT2D eigenvalue weighted by molar-refractivity contribution is 0.112. The van der Waals surface area contributed by atoms with E-state index in [1.54, 1.807) is 12.1 Å². The molecule has 0 spiro atoms. The van der Waals surface area contributed by atoms with Gasteiger partial charge < -0.3 is 9.47 Å². The van der Waals surface area contributed by atoms with Crippen molar-refractivity contribution in [2.45, 2.75) is 78.1 Å². The van der Waals surface area contributed by atoms with Crippen LogP contribution in [0.2, 0.25) is 0 Å². The molecule has 1 rings (SSSR count). The molecule has 24 heavy (non-hydrogen) atoms. The van der Waals surface area contributed by atoms with Crippen LogP contribution in [0.3, 0.4) is 0 Å². The summed E-state index contributed by atoms with van der Waals surface area (Å²) in [5.74, 6) is 1.46. The summed E-state index contributed by atoms with van der Waals surface area (Å²) in [5, 5.41) is 0. The van der Waals surface area contributed by atoms with Crippen LogP contribution in [0.5, 0.6) is 11.5 Å². The maximum atomic E-state index is 11.1. The zero-order valence-corrected chi connectivity index (χ0v) is 15.5. The molecular weight excluding hydrogens is 300 g/mol. The largest absolute Gasteiger partial charge is 0.493 e. The number of ether oxygens (including phenoxy) is 2. The number of unbranched alkanes of at least 4 members (excludes halogenated alkanes) is 8. The summed E-state index contributed by atoms with van der Waals surface area (Å²) in [7, 11) is 0. The third-order valence-electron chi connectivity index (χ3n) is 4.07. The summed E-state index contributed by atoms with van der Waals surface area (Å²) in [5.41, 5.74) is 0.611. The Bertz CT molecular complexity index is 408. The van der Waals surface area contributed by atoms with E-state index >= 15 is 0 Å². The van der Waals surface area contributed by atoms with Crippen molar-refractivity contribution < 1.29 is 14.3 Å². The third-order valence-corrected chi connectivity index (χ3v) is 4.07. The van der Waals surface area contributed by atoms with Gasteiger partial charge in [0.25, 0.3) is 0 Å². The lowest BCUT2D eigenvalue weighted by Crippen LogP contribution is -2.01. The zero-order valence-electron chi connectivity index (χ0n) is 15.5. The molecule has 1 aromatic rings. The van der Waals surface area contributed by atoms with Gasteiger partial charge in [-0.1, -0.05) is 65.2 Å². The molecule has 0 amide bonds. The van der Waals surface area contributed by atoms with Gasteiger partial charge in [0.2, 0.25) is 0 Å². The molecule has 0 radical (unpaired) electrons. The minimum atomic E-state index is 0.611. The lowest BCUT2D eigenvalue weighted by Gasteiger charge is -2.11. The molecule has 0 atom stereocenters. The van der Waals surface area contributed by atoms with Crippen molar-refractivity contribution in [3.63, 3.8) is 0 Å². The number of hydrogen-bond donors (Lipinski definition) is 0. The first-order valence-electron chi connectivity index (χ1n) is 9.66. The second-order valence-electron chi connectivity index (χ2n) is 6.38. The molecular formula is C21H34O3. The number of carbonyl (C=O) groups is 1. The Morgan fingerprint density at radius 1 is 0.708 bits per heavy atom. The molecule has 0 aliphatic heterocycles. The molecule has 0 saturated carbocycles. The number of benzene rings is 1. The minimum absolute atomic E-state index is 0.611. The Hall–Kier alpha value is -1.51. The molecule has 0 fully saturated rings. The van der Waals surface area contributed by atoms with Gasteiger partial charge in [-0.25, -0.2) is 0 Å². The topological polar surface area (TPSA) is 35.5 Å². The average Bonchev–Trinajstić information content (AvgIpc) is 2.61. The van der Waals surface area contributed by atoms with Crippen molar-refractivity contribution in [1.29, 1.82) is 0 Å². The normalized spacial score (nSPS) is 10.6. The molecule has 0 aromatic heterocycles. The van der Waals surface area contributed by atoms with E-state index in [2.05, 4.69) is 13.8 Å². The van der Waals surface area contributed by atoms with Crippen LogP contribution in [-0.2, 0) is 0 Å². The molecule has 0 saturated heterocycles. The highest BCUT2D eigenvalue weighted by molar-refractivity contribution is 5.76. The molecule has 3 heteroatoms. The van der Waals surface area contributed by atoms with Crippen molar-refractivity contribution >= 4 is 6.29 Å². The van der Waals surface area contributed by atoms with Crippen molar-refractivity contribution in [1.82, 2.24) is 0 Å². The van der Waals surface area contributed by atoms with Crippen LogP contribution in [0.15, 0.2) is 18.2 Å². The first-order valence-corrected chi connectivity index (χ1v) is 9.66. The van der Waals surface area contributed by atoms with Crippen LogP contribution in [0, 0.1) is 0 Å². The van der Waals surface area contributed by atoms with E-state index in [-0.39, 0.29) is 0 Å². The smallest absolute Gasteiger partial charge is 0.150 e. The summed E-state index contributed by atoms with van der Waals surface area (Å²) in [6.07, 6.45) is 13.0. The number of hydrogen-bond acceptors (Lipinski definition) is 3. The molecule has 3 nitrogen and oxygen atoms in total. The Labute approximate surface area is 147 Å². The SMILES string of the molecule is CCCCCCCOc1cc(C=O)cc(OCCCCCCC)c1. The van der Waals surface area contributed by atoms with Gasteiger partial charge in [-0.05, 0) is 25.0 Å². The van der Waals surface area contributed by atoms with Crippen LogP contribution in [-0.4, -0.2) is 19.5 Å². The summed E-state index contributed by atoms with van der Waals surface area (Å²) in [6.45, 7) is 5.82. The van der Waals surface area contributed by atoms with Gasteiger partial charge >= 0.3 is 0 Å². The van der Waals surface area contributed by atoms with Gasteiger partial charge in [0.15, 0.2) is 0 Å². The van der Waals surface area contributed by atoms with E-state index in [1.165, 1.54) is 51.4 Å². The van der Waals surface area contributed by atoms with Gasteiger partial charge in [0, 0.05) is 11.6 Å². The van der Waals surface area contributed by atoms with Crippen LogP contribution in [0.25, 0.3) is 0 Å². The van der Waals surface area contributed by atoms with E-state index in [4.69, 9.17) is 9.47 Å². The fourth-order valence-electron chi connectivity index (χ4n) is 2.62. The molecule has 1 aromatic carbocycles. The highest BCUT2D eigenvalue weighted by Gasteiger charge is 2.03. The van der Waals surface area contributed by atoms with Crippen LogP contribution < -0.4 is 9.47 Å². The second-order valence-corrected chi connectivity index (χ2v) is 6.38. The highest BCUT2D eigenvalue weighted by atomic mass is 16.5. The van der Waals surface area contributed by atoms with Gasteiger partial charge in [-0.2, -0.15) is 0 Å². The standard InChI is InChI=1S/C21H34O3/c1-3-5-7-9-11-13-23-20-15-19(18-22)16-21(17-20)24-14-12-10-8-6-4-2/h15-18H,3-14H2,1-2H3. The maximum absolute atomic E-state index is 11.1. The summed E-state index contributed by atoms with van der Waals surface area (Å²) in [4.78, 5) is 11.1. The fourth-order valence-corrected chi connectivity index (χ4v) is 2.62. The third kappa shape index (κ3) is 9.59. The van der Waals surface area contributed by atoms with E-state index < -0.39 is 0 Å². The van der Waals surface area contributed by atoms with Crippen molar-refractivity contribution in [3.05, 3.63) is 23.8 Å². The number of aldehydes is 1. The van der Waals surface area contributed by atoms with Crippen molar-refractivity contribution in [2.75, 3.05) is 13.2 Å². The fraction of sp³-hybridized carbons (Fsp3) is 0.667. The first kappa shape index (κ1) is 20.5.